The number of rotatable bonds is 2. The molecule has 0 unspecified atom stereocenters. The van der Waals surface area contributed by atoms with Crippen molar-refractivity contribution in [3.63, 3.8) is 0 Å². The summed E-state index contributed by atoms with van der Waals surface area (Å²) in [5.41, 5.74) is 2.42. The van der Waals surface area contributed by atoms with Gasteiger partial charge in [0.05, 0.1) is 5.69 Å². The molecule has 0 aromatic carbocycles. The van der Waals surface area contributed by atoms with Crippen LogP contribution in [0.25, 0.3) is 0 Å². The van der Waals surface area contributed by atoms with Gasteiger partial charge in [0, 0.05) is 32.0 Å². The van der Waals surface area contributed by atoms with Crippen molar-refractivity contribution in [1.29, 1.82) is 0 Å². The Labute approximate surface area is 113 Å². The molecule has 3 rings (SSSR count). The molecule has 1 fully saturated rings. The second-order valence-electron chi connectivity index (χ2n) is 4.62. The highest BCUT2D eigenvalue weighted by atomic mass is 35.5. The first-order valence-electron chi connectivity index (χ1n) is 6.31. The quantitative estimate of drug-likeness (QED) is 0.844. The lowest BCUT2D eigenvalue weighted by atomic mass is 10.1. The number of nitrogens with zero attached hydrogens (tertiary/aromatic N) is 2. The Kier molecular flexibility index (Phi) is 4.74. The zero-order valence-electron chi connectivity index (χ0n) is 10.3. The van der Waals surface area contributed by atoms with Crippen LogP contribution in [-0.2, 0) is 17.7 Å². The average molecular weight is 271 g/mol. The Balaban J connectivity index is 0.00000120. The maximum Gasteiger partial charge on any atom is 0.223 e. The minimum absolute atomic E-state index is 0. The number of aromatic nitrogens is 2. The molecular weight excluding hydrogens is 252 g/mol. The van der Waals surface area contributed by atoms with Crippen molar-refractivity contribution in [2.24, 2.45) is 0 Å². The van der Waals surface area contributed by atoms with E-state index in [0.29, 0.717) is 6.04 Å². The molecule has 3 heterocycles. The second kappa shape index (κ2) is 6.31. The van der Waals surface area contributed by atoms with Crippen molar-refractivity contribution in [1.82, 2.24) is 15.3 Å². The van der Waals surface area contributed by atoms with Gasteiger partial charge in [-0.2, -0.15) is 0 Å². The number of fused-ring (bicyclic) bond motifs is 1. The normalized spacial score (nSPS) is 19.8. The Morgan fingerprint density at radius 1 is 1.33 bits per heavy atom. The van der Waals surface area contributed by atoms with E-state index < -0.39 is 0 Å². The molecule has 6 heteroatoms. The fourth-order valence-electron chi connectivity index (χ4n) is 2.33. The van der Waals surface area contributed by atoms with Gasteiger partial charge in [-0.1, -0.05) is 0 Å². The van der Waals surface area contributed by atoms with Gasteiger partial charge in [-0.05, 0) is 31.4 Å². The van der Waals surface area contributed by atoms with E-state index in [4.69, 9.17) is 4.74 Å². The molecule has 1 aromatic heterocycles. The Bertz CT molecular complexity index is 396. The fourth-order valence-corrected chi connectivity index (χ4v) is 2.33. The van der Waals surface area contributed by atoms with Gasteiger partial charge in [0.25, 0.3) is 0 Å². The van der Waals surface area contributed by atoms with E-state index in [-0.39, 0.29) is 12.4 Å². The van der Waals surface area contributed by atoms with Crippen LogP contribution in [0, 0.1) is 0 Å². The van der Waals surface area contributed by atoms with E-state index in [1.54, 1.807) is 0 Å². The van der Waals surface area contributed by atoms with Gasteiger partial charge >= 0.3 is 0 Å². The number of hydrogen-bond acceptors (Lipinski definition) is 5. The number of ether oxygens (including phenoxy) is 1. The third-order valence-corrected chi connectivity index (χ3v) is 3.37. The van der Waals surface area contributed by atoms with Crippen molar-refractivity contribution in [2.75, 3.05) is 25.1 Å². The lowest BCUT2D eigenvalue weighted by molar-refractivity contribution is 0.0903. The Hall–Kier alpha value is -0.910. The lowest BCUT2D eigenvalue weighted by Gasteiger charge is -2.24. The van der Waals surface area contributed by atoms with E-state index in [9.17, 15) is 0 Å². The zero-order valence-corrected chi connectivity index (χ0v) is 11.1. The molecule has 0 spiro atoms. The number of halogens is 1. The highest BCUT2D eigenvalue weighted by Crippen LogP contribution is 2.15. The van der Waals surface area contributed by atoms with E-state index >= 15 is 0 Å². The van der Waals surface area contributed by atoms with Crippen LogP contribution in [0.15, 0.2) is 6.20 Å². The molecule has 2 N–H and O–H groups in total. The first-order valence-corrected chi connectivity index (χ1v) is 6.31. The van der Waals surface area contributed by atoms with E-state index in [2.05, 4.69) is 20.6 Å². The molecule has 0 radical (unpaired) electrons. The van der Waals surface area contributed by atoms with Crippen molar-refractivity contribution >= 4 is 18.4 Å². The van der Waals surface area contributed by atoms with E-state index in [0.717, 1.165) is 57.2 Å². The van der Waals surface area contributed by atoms with Crippen LogP contribution < -0.4 is 10.6 Å². The predicted molar refractivity (Wildman–Crippen MR) is 72.2 cm³/mol. The van der Waals surface area contributed by atoms with Crippen LogP contribution in [0.1, 0.15) is 24.1 Å². The minimum Gasteiger partial charge on any atom is -0.381 e. The van der Waals surface area contributed by atoms with E-state index in [1.165, 1.54) is 5.56 Å². The summed E-state index contributed by atoms with van der Waals surface area (Å²) in [6.07, 6.45) is 5.08. The molecule has 2 aliphatic heterocycles. The first-order chi connectivity index (χ1) is 8.42. The highest BCUT2D eigenvalue weighted by Gasteiger charge is 2.16. The third-order valence-electron chi connectivity index (χ3n) is 3.37. The van der Waals surface area contributed by atoms with Gasteiger partial charge in [0.1, 0.15) is 0 Å². The molecule has 0 atom stereocenters. The van der Waals surface area contributed by atoms with Crippen LogP contribution in [0.3, 0.4) is 0 Å². The minimum atomic E-state index is 0. The SMILES string of the molecule is Cl.c1nc(NC2CCOCC2)nc2c1CCNC2. The zero-order chi connectivity index (χ0) is 11.5. The maximum atomic E-state index is 5.34. The Morgan fingerprint density at radius 2 is 2.17 bits per heavy atom. The molecule has 5 nitrogen and oxygen atoms in total. The summed E-state index contributed by atoms with van der Waals surface area (Å²) in [6, 6.07) is 0.457. The number of anilines is 1. The molecular formula is C12H19ClN4O. The van der Waals surface area contributed by atoms with Crippen molar-refractivity contribution in [3.05, 3.63) is 17.5 Å². The summed E-state index contributed by atoms with van der Waals surface area (Å²) < 4.78 is 5.34. The molecule has 100 valence electrons. The average Bonchev–Trinajstić information content (AvgIpc) is 2.40. The maximum absolute atomic E-state index is 5.34. The monoisotopic (exact) mass is 270 g/mol. The summed E-state index contributed by atoms with van der Waals surface area (Å²) in [5.74, 6) is 0.763. The van der Waals surface area contributed by atoms with Gasteiger partial charge in [-0.15, -0.1) is 12.4 Å². The number of nitrogens with one attached hydrogen (secondary N) is 2. The van der Waals surface area contributed by atoms with Crippen molar-refractivity contribution in [2.45, 2.75) is 31.8 Å². The molecule has 1 aromatic rings. The van der Waals surface area contributed by atoms with Crippen LogP contribution in [0.2, 0.25) is 0 Å². The van der Waals surface area contributed by atoms with Gasteiger partial charge < -0.3 is 15.4 Å². The molecule has 1 saturated heterocycles. The van der Waals surface area contributed by atoms with Crippen LogP contribution in [0.5, 0.6) is 0 Å². The first kappa shape index (κ1) is 13.5. The number of hydrogen-bond donors (Lipinski definition) is 2. The summed E-state index contributed by atoms with van der Waals surface area (Å²) in [6.45, 7) is 3.57. The lowest BCUT2D eigenvalue weighted by Crippen LogP contribution is -2.30. The predicted octanol–water partition coefficient (Wildman–Crippen LogP) is 1.14. The Morgan fingerprint density at radius 3 is 3.00 bits per heavy atom. The molecule has 2 aliphatic rings. The van der Waals surface area contributed by atoms with Gasteiger partial charge in [-0.3, -0.25) is 0 Å². The largest absolute Gasteiger partial charge is 0.381 e. The van der Waals surface area contributed by atoms with Gasteiger partial charge in [0.2, 0.25) is 5.95 Å². The van der Waals surface area contributed by atoms with Gasteiger partial charge in [-0.25, -0.2) is 9.97 Å². The third kappa shape index (κ3) is 3.10. The molecule has 0 amide bonds. The molecule has 18 heavy (non-hydrogen) atoms. The summed E-state index contributed by atoms with van der Waals surface area (Å²) in [7, 11) is 0. The topological polar surface area (TPSA) is 59.1 Å². The summed E-state index contributed by atoms with van der Waals surface area (Å²) in [5, 5.41) is 6.73. The van der Waals surface area contributed by atoms with Crippen LogP contribution >= 0.6 is 12.4 Å². The second-order valence-corrected chi connectivity index (χ2v) is 4.62. The van der Waals surface area contributed by atoms with Crippen molar-refractivity contribution < 1.29 is 4.74 Å². The molecule has 0 bridgehead atoms. The fraction of sp³-hybridized carbons (Fsp3) is 0.667. The molecule has 0 aliphatic carbocycles. The smallest absolute Gasteiger partial charge is 0.223 e. The van der Waals surface area contributed by atoms with Crippen molar-refractivity contribution in [3.8, 4) is 0 Å². The summed E-state index contributed by atoms with van der Waals surface area (Å²) in [4.78, 5) is 8.98. The summed E-state index contributed by atoms with van der Waals surface area (Å²) >= 11 is 0. The van der Waals surface area contributed by atoms with Gasteiger partial charge in [0.15, 0.2) is 0 Å². The van der Waals surface area contributed by atoms with Crippen LogP contribution in [0.4, 0.5) is 5.95 Å². The van der Waals surface area contributed by atoms with Crippen LogP contribution in [-0.4, -0.2) is 35.8 Å². The molecule has 0 saturated carbocycles. The highest BCUT2D eigenvalue weighted by molar-refractivity contribution is 5.85. The standard InChI is InChI=1S/C12H18N4O.ClH/c1-4-13-8-11-9(1)7-14-12(16-11)15-10-2-5-17-6-3-10;/h7,10,13H,1-6,8H2,(H,14,15,16);1H. The van der Waals surface area contributed by atoms with E-state index in [1.807, 2.05) is 6.20 Å².